The molecule has 1 N–H and O–H groups in total. The fourth-order valence-corrected chi connectivity index (χ4v) is 6.47. The van der Waals surface area contributed by atoms with E-state index in [1.807, 2.05) is 13.0 Å². The maximum atomic E-state index is 13.7. The summed E-state index contributed by atoms with van der Waals surface area (Å²) in [4.78, 5) is 33.1. The zero-order chi connectivity index (χ0) is 26.4. The first-order valence-corrected chi connectivity index (χ1v) is 13.5. The van der Waals surface area contributed by atoms with Gasteiger partial charge in [0.15, 0.2) is 0 Å². The van der Waals surface area contributed by atoms with Crippen LogP contribution in [0.15, 0.2) is 42.6 Å². The Morgan fingerprint density at radius 1 is 1.03 bits per heavy atom. The highest BCUT2D eigenvalue weighted by molar-refractivity contribution is 5.87. The third-order valence-corrected chi connectivity index (χ3v) is 8.33. The Kier molecular flexibility index (Phi) is 6.47. The van der Waals surface area contributed by atoms with E-state index < -0.39 is 5.97 Å². The van der Waals surface area contributed by atoms with Gasteiger partial charge in [-0.05, 0) is 68.1 Å². The molecule has 3 saturated heterocycles. The Bertz CT molecular complexity index is 1340. The van der Waals surface area contributed by atoms with Gasteiger partial charge in [-0.15, -0.1) is 0 Å². The molecule has 2 aromatic heterocycles. The van der Waals surface area contributed by atoms with Crippen molar-refractivity contribution in [2.75, 3.05) is 49.1 Å². The van der Waals surface area contributed by atoms with E-state index in [1.165, 1.54) is 31.2 Å². The molecular formula is C29H33FN6O2. The number of nitrogens with zero attached hydrogens (tertiary/aromatic N) is 6. The zero-order valence-electron chi connectivity index (χ0n) is 21.8. The maximum absolute atomic E-state index is 13.7. The van der Waals surface area contributed by atoms with Gasteiger partial charge in [-0.2, -0.15) is 0 Å². The summed E-state index contributed by atoms with van der Waals surface area (Å²) < 4.78 is 13.7. The van der Waals surface area contributed by atoms with Crippen LogP contribution in [0, 0.1) is 18.7 Å². The molecule has 6 rings (SSSR count). The molecule has 0 radical (unpaired) electrons. The molecule has 3 fully saturated rings. The lowest BCUT2D eigenvalue weighted by Crippen LogP contribution is -2.47. The van der Waals surface area contributed by atoms with Crippen molar-refractivity contribution >= 4 is 17.6 Å². The summed E-state index contributed by atoms with van der Waals surface area (Å²) >= 11 is 0. The minimum absolute atomic E-state index is 0.202. The van der Waals surface area contributed by atoms with Gasteiger partial charge >= 0.3 is 5.97 Å². The summed E-state index contributed by atoms with van der Waals surface area (Å²) in [7, 11) is 0. The molecule has 38 heavy (non-hydrogen) atoms. The van der Waals surface area contributed by atoms with Gasteiger partial charge in [0.1, 0.15) is 23.3 Å². The van der Waals surface area contributed by atoms with Gasteiger partial charge in [0.05, 0.1) is 11.3 Å². The normalized spacial score (nSPS) is 23.6. The molecule has 3 unspecified atom stereocenters. The minimum atomic E-state index is -0.967. The SMILES string of the molecule is Cc1cc(C(=O)O)cnc1N1CCN(c2cc(-c3ccc(F)cc3)nc(C3C(C)CN4CCCC34)n2)CC1. The van der Waals surface area contributed by atoms with Crippen LogP contribution in [0.1, 0.15) is 47.4 Å². The molecule has 0 aliphatic carbocycles. The number of anilines is 2. The highest BCUT2D eigenvalue weighted by Gasteiger charge is 2.44. The monoisotopic (exact) mass is 516 g/mol. The third kappa shape index (κ3) is 4.60. The van der Waals surface area contributed by atoms with Gasteiger partial charge in [0, 0.05) is 62.5 Å². The molecule has 3 aromatic rings. The first-order chi connectivity index (χ1) is 18.4. The number of benzene rings is 1. The predicted molar refractivity (Wildman–Crippen MR) is 144 cm³/mol. The van der Waals surface area contributed by atoms with Crippen LogP contribution in [0.25, 0.3) is 11.3 Å². The number of rotatable bonds is 5. The molecule has 5 heterocycles. The van der Waals surface area contributed by atoms with Crippen molar-refractivity contribution in [1.82, 2.24) is 19.9 Å². The fourth-order valence-electron chi connectivity index (χ4n) is 6.47. The van der Waals surface area contributed by atoms with E-state index in [4.69, 9.17) is 9.97 Å². The third-order valence-electron chi connectivity index (χ3n) is 8.33. The summed E-state index contributed by atoms with van der Waals surface area (Å²) in [6.45, 7) is 9.47. The molecule has 3 aliphatic heterocycles. The average Bonchev–Trinajstić information content (AvgIpc) is 3.49. The lowest BCUT2D eigenvalue weighted by atomic mass is 9.89. The maximum Gasteiger partial charge on any atom is 0.337 e. The predicted octanol–water partition coefficient (Wildman–Crippen LogP) is 4.21. The topological polar surface area (TPSA) is 85.7 Å². The molecule has 9 heteroatoms. The van der Waals surface area contributed by atoms with Gasteiger partial charge in [0.2, 0.25) is 0 Å². The van der Waals surface area contributed by atoms with Crippen LogP contribution in [-0.4, -0.2) is 76.2 Å². The Morgan fingerprint density at radius 3 is 2.47 bits per heavy atom. The quantitative estimate of drug-likeness (QED) is 0.540. The van der Waals surface area contributed by atoms with Crippen LogP contribution in [-0.2, 0) is 0 Å². The standard InChI is InChI=1S/C29H33FN6O2/c1-18-14-21(29(37)38)16-31-28(18)35-12-10-34(11-13-35)25-15-23(20-5-7-22(30)8-6-20)32-27(33-25)26-19(2)17-36-9-3-4-24(26)36/h5-8,14-16,19,24,26H,3-4,9-13,17H2,1-2H3,(H,37,38). The number of aryl methyl sites for hydroxylation is 1. The molecule has 3 atom stereocenters. The average molecular weight is 517 g/mol. The van der Waals surface area contributed by atoms with Gasteiger partial charge < -0.3 is 14.9 Å². The lowest BCUT2D eigenvalue weighted by Gasteiger charge is -2.37. The Balaban J connectivity index is 1.29. The summed E-state index contributed by atoms with van der Waals surface area (Å²) in [5, 5.41) is 9.26. The Morgan fingerprint density at radius 2 is 1.76 bits per heavy atom. The molecule has 198 valence electrons. The first-order valence-electron chi connectivity index (χ1n) is 13.5. The van der Waals surface area contributed by atoms with Gasteiger partial charge in [-0.25, -0.2) is 24.1 Å². The van der Waals surface area contributed by atoms with E-state index in [1.54, 1.807) is 18.2 Å². The fraction of sp³-hybridized carbons (Fsp3) is 0.448. The van der Waals surface area contributed by atoms with E-state index in [0.29, 0.717) is 12.0 Å². The minimum Gasteiger partial charge on any atom is -0.478 e. The van der Waals surface area contributed by atoms with Crippen LogP contribution >= 0.6 is 0 Å². The second-order valence-corrected chi connectivity index (χ2v) is 10.8. The number of carboxylic acids is 1. The highest BCUT2D eigenvalue weighted by atomic mass is 19.1. The molecule has 3 aliphatic rings. The second-order valence-electron chi connectivity index (χ2n) is 10.8. The van der Waals surface area contributed by atoms with E-state index in [-0.39, 0.29) is 17.3 Å². The van der Waals surface area contributed by atoms with Crippen molar-refractivity contribution in [3.8, 4) is 11.3 Å². The van der Waals surface area contributed by atoms with Crippen molar-refractivity contribution in [2.24, 2.45) is 5.92 Å². The summed E-state index contributed by atoms with van der Waals surface area (Å²) in [5.41, 5.74) is 2.78. The number of aromatic carboxylic acids is 1. The number of piperazine rings is 1. The van der Waals surface area contributed by atoms with Crippen molar-refractivity contribution in [1.29, 1.82) is 0 Å². The van der Waals surface area contributed by atoms with E-state index >= 15 is 0 Å². The van der Waals surface area contributed by atoms with Crippen molar-refractivity contribution in [3.63, 3.8) is 0 Å². The number of carboxylic acid groups (broad SMARTS) is 1. The van der Waals surface area contributed by atoms with Crippen LogP contribution in [0.3, 0.4) is 0 Å². The molecule has 1 aromatic carbocycles. The summed E-state index contributed by atoms with van der Waals surface area (Å²) in [5.74, 6) is 2.17. The Labute approximate surface area is 222 Å². The zero-order valence-corrected chi connectivity index (χ0v) is 21.8. The molecule has 0 saturated carbocycles. The highest BCUT2D eigenvalue weighted by Crippen LogP contribution is 2.42. The van der Waals surface area contributed by atoms with E-state index in [2.05, 4.69) is 26.6 Å². The molecule has 0 amide bonds. The second kappa shape index (κ2) is 9.94. The number of hydrogen-bond donors (Lipinski definition) is 1. The molecule has 0 bridgehead atoms. The van der Waals surface area contributed by atoms with Crippen molar-refractivity contribution in [2.45, 2.75) is 38.6 Å². The van der Waals surface area contributed by atoms with Crippen molar-refractivity contribution in [3.05, 3.63) is 65.4 Å². The molecule has 0 spiro atoms. The van der Waals surface area contributed by atoms with Crippen molar-refractivity contribution < 1.29 is 14.3 Å². The lowest BCUT2D eigenvalue weighted by molar-refractivity contribution is 0.0696. The van der Waals surface area contributed by atoms with Crippen LogP contribution < -0.4 is 9.80 Å². The number of pyridine rings is 1. The number of hydrogen-bond acceptors (Lipinski definition) is 7. The van der Waals surface area contributed by atoms with Gasteiger partial charge in [-0.1, -0.05) is 6.92 Å². The number of fused-ring (bicyclic) bond motifs is 1. The van der Waals surface area contributed by atoms with Crippen LogP contribution in [0.4, 0.5) is 16.0 Å². The molecule has 8 nitrogen and oxygen atoms in total. The van der Waals surface area contributed by atoms with Gasteiger partial charge in [-0.3, -0.25) is 4.90 Å². The van der Waals surface area contributed by atoms with E-state index in [9.17, 15) is 14.3 Å². The molecular weight excluding hydrogens is 483 g/mol. The van der Waals surface area contributed by atoms with Crippen LogP contribution in [0.2, 0.25) is 0 Å². The number of aromatic nitrogens is 3. The number of halogens is 1. The first kappa shape index (κ1) is 24.7. The van der Waals surface area contributed by atoms with E-state index in [0.717, 1.165) is 73.5 Å². The largest absolute Gasteiger partial charge is 0.478 e. The van der Waals surface area contributed by atoms with Gasteiger partial charge in [0.25, 0.3) is 0 Å². The smallest absolute Gasteiger partial charge is 0.337 e. The summed E-state index contributed by atoms with van der Waals surface area (Å²) in [6.07, 6.45) is 3.83. The number of carbonyl (C=O) groups is 1. The van der Waals surface area contributed by atoms with Crippen LogP contribution in [0.5, 0.6) is 0 Å². The summed E-state index contributed by atoms with van der Waals surface area (Å²) in [6, 6.07) is 10.7. The Hall–Kier alpha value is -3.59.